The van der Waals surface area contributed by atoms with Gasteiger partial charge in [0.05, 0.1) is 18.3 Å². The fraction of sp³-hybridized carbons (Fsp3) is 0.308. The first kappa shape index (κ1) is 10.4. The molecule has 3 rings (SSSR count). The highest BCUT2D eigenvalue weighted by Crippen LogP contribution is 2.29. The van der Waals surface area contributed by atoms with Crippen LogP contribution in [0, 0.1) is 0 Å². The van der Waals surface area contributed by atoms with Gasteiger partial charge in [-0.3, -0.25) is 4.68 Å². The Labute approximate surface area is 100 Å². The van der Waals surface area contributed by atoms with Crippen molar-refractivity contribution in [3.63, 3.8) is 0 Å². The zero-order valence-corrected chi connectivity index (χ0v) is 9.76. The molecule has 1 unspecified atom stereocenters. The normalized spacial score (nSPS) is 15.4. The monoisotopic (exact) mass is 229 g/mol. The van der Waals surface area contributed by atoms with E-state index in [1.807, 2.05) is 29.9 Å². The van der Waals surface area contributed by atoms with E-state index in [-0.39, 0.29) is 6.04 Å². The van der Waals surface area contributed by atoms with Crippen molar-refractivity contribution in [1.29, 1.82) is 0 Å². The van der Waals surface area contributed by atoms with Gasteiger partial charge in [-0.25, -0.2) is 0 Å². The van der Waals surface area contributed by atoms with E-state index in [0.717, 1.165) is 30.0 Å². The Morgan fingerprint density at radius 1 is 1.41 bits per heavy atom. The molecular formula is C13H15N3O. The van der Waals surface area contributed by atoms with E-state index in [1.54, 1.807) is 6.20 Å². The van der Waals surface area contributed by atoms with Crippen LogP contribution in [0.5, 0.6) is 5.75 Å². The predicted molar refractivity (Wildman–Crippen MR) is 64.9 cm³/mol. The maximum absolute atomic E-state index is 6.25. The molecule has 0 spiro atoms. The molecule has 4 heteroatoms. The van der Waals surface area contributed by atoms with Crippen LogP contribution in [0.15, 0.2) is 30.5 Å². The van der Waals surface area contributed by atoms with Gasteiger partial charge in [0.1, 0.15) is 5.75 Å². The SMILES string of the molecule is Cn1nccc1C(N)c1ccc2c(c1)CCO2. The molecule has 1 aromatic carbocycles. The van der Waals surface area contributed by atoms with Crippen molar-refractivity contribution >= 4 is 0 Å². The van der Waals surface area contributed by atoms with Gasteiger partial charge in [0, 0.05) is 19.7 Å². The number of aryl methyl sites for hydroxylation is 1. The Morgan fingerprint density at radius 3 is 3.06 bits per heavy atom. The number of hydrogen-bond donors (Lipinski definition) is 1. The van der Waals surface area contributed by atoms with Crippen molar-refractivity contribution in [2.45, 2.75) is 12.5 Å². The lowest BCUT2D eigenvalue weighted by Crippen LogP contribution is -2.16. The van der Waals surface area contributed by atoms with Crippen LogP contribution in [-0.2, 0) is 13.5 Å². The van der Waals surface area contributed by atoms with E-state index in [1.165, 1.54) is 5.56 Å². The molecule has 0 saturated carbocycles. The predicted octanol–water partition coefficient (Wildman–Crippen LogP) is 1.40. The van der Waals surface area contributed by atoms with E-state index < -0.39 is 0 Å². The number of nitrogens with two attached hydrogens (primary N) is 1. The van der Waals surface area contributed by atoms with Gasteiger partial charge >= 0.3 is 0 Å². The summed E-state index contributed by atoms with van der Waals surface area (Å²) in [5.74, 6) is 0.992. The van der Waals surface area contributed by atoms with E-state index in [4.69, 9.17) is 10.5 Å². The third kappa shape index (κ3) is 1.70. The Bertz CT molecular complexity index is 547. The minimum atomic E-state index is -0.131. The van der Waals surface area contributed by atoms with Crippen LogP contribution >= 0.6 is 0 Å². The fourth-order valence-electron chi connectivity index (χ4n) is 2.26. The molecule has 0 saturated heterocycles. The Kier molecular flexibility index (Phi) is 2.37. The average molecular weight is 229 g/mol. The standard InChI is InChI=1S/C13H15N3O/c1-16-11(4-6-15-16)13(14)10-2-3-12-9(8-10)5-7-17-12/h2-4,6,8,13H,5,7,14H2,1H3. The first-order chi connectivity index (χ1) is 8.25. The number of fused-ring (bicyclic) bond motifs is 1. The van der Waals surface area contributed by atoms with Crippen LogP contribution < -0.4 is 10.5 Å². The third-order valence-corrected chi connectivity index (χ3v) is 3.25. The van der Waals surface area contributed by atoms with E-state index in [9.17, 15) is 0 Å². The Hall–Kier alpha value is -1.81. The van der Waals surface area contributed by atoms with Crippen LogP contribution in [0.3, 0.4) is 0 Å². The van der Waals surface area contributed by atoms with Gasteiger partial charge < -0.3 is 10.5 Å². The molecular weight excluding hydrogens is 214 g/mol. The molecule has 1 aromatic heterocycles. The van der Waals surface area contributed by atoms with Crippen molar-refractivity contribution in [3.05, 3.63) is 47.3 Å². The van der Waals surface area contributed by atoms with E-state index in [2.05, 4.69) is 11.2 Å². The lowest BCUT2D eigenvalue weighted by Gasteiger charge is -2.13. The second-order valence-corrected chi connectivity index (χ2v) is 4.32. The number of ether oxygens (including phenoxy) is 1. The quantitative estimate of drug-likeness (QED) is 0.847. The molecule has 1 aliphatic heterocycles. The summed E-state index contributed by atoms with van der Waals surface area (Å²) >= 11 is 0. The van der Waals surface area contributed by atoms with Crippen LogP contribution in [0.2, 0.25) is 0 Å². The summed E-state index contributed by atoms with van der Waals surface area (Å²) in [6.07, 6.45) is 2.74. The molecule has 2 heterocycles. The van der Waals surface area contributed by atoms with Gasteiger partial charge in [-0.05, 0) is 23.3 Å². The molecule has 0 aliphatic carbocycles. The molecule has 0 amide bonds. The smallest absolute Gasteiger partial charge is 0.122 e. The van der Waals surface area contributed by atoms with Crippen LogP contribution in [0.4, 0.5) is 0 Å². The highest BCUT2D eigenvalue weighted by molar-refractivity contribution is 5.42. The number of nitrogens with zero attached hydrogens (tertiary/aromatic N) is 2. The van der Waals surface area contributed by atoms with Crippen molar-refractivity contribution in [2.75, 3.05) is 6.61 Å². The summed E-state index contributed by atoms with van der Waals surface area (Å²) < 4.78 is 7.30. The zero-order chi connectivity index (χ0) is 11.8. The van der Waals surface area contributed by atoms with Crippen molar-refractivity contribution < 1.29 is 4.74 Å². The molecule has 17 heavy (non-hydrogen) atoms. The van der Waals surface area contributed by atoms with Gasteiger partial charge in [-0.15, -0.1) is 0 Å². The third-order valence-electron chi connectivity index (χ3n) is 3.25. The Morgan fingerprint density at radius 2 is 2.29 bits per heavy atom. The minimum absolute atomic E-state index is 0.131. The van der Waals surface area contributed by atoms with Gasteiger partial charge in [-0.1, -0.05) is 12.1 Å². The maximum atomic E-state index is 6.25. The van der Waals surface area contributed by atoms with E-state index in [0.29, 0.717) is 0 Å². The van der Waals surface area contributed by atoms with Crippen LogP contribution in [-0.4, -0.2) is 16.4 Å². The molecule has 4 nitrogen and oxygen atoms in total. The molecule has 0 fully saturated rings. The topological polar surface area (TPSA) is 53.1 Å². The summed E-state index contributed by atoms with van der Waals surface area (Å²) in [5.41, 5.74) is 9.63. The second kappa shape index (κ2) is 3.89. The molecule has 88 valence electrons. The van der Waals surface area contributed by atoms with Crippen molar-refractivity contribution in [3.8, 4) is 5.75 Å². The molecule has 2 N–H and O–H groups in total. The van der Waals surface area contributed by atoms with Crippen LogP contribution in [0.25, 0.3) is 0 Å². The number of hydrogen-bond acceptors (Lipinski definition) is 3. The van der Waals surface area contributed by atoms with Gasteiger partial charge in [-0.2, -0.15) is 5.10 Å². The van der Waals surface area contributed by atoms with Crippen molar-refractivity contribution in [1.82, 2.24) is 9.78 Å². The van der Waals surface area contributed by atoms with Gasteiger partial charge in [0.2, 0.25) is 0 Å². The minimum Gasteiger partial charge on any atom is -0.493 e. The number of benzene rings is 1. The summed E-state index contributed by atoms with van der Waals surface area (Å²) in [4.78, 5) is 0. The fourth-order valence-corrected chi connectivity index (χ4v) is 2.26. The molecule has 0 bridgehead atoms. The zero-order valence-electron chi connectivity index (χ0n) is 9.76. The number of aromatic nitrogens is 2. The average Bonchev–Trinajstić information content (AvgIpc) is 2.95. The first-order valence-electron chi connectivity index (χ1n) is 5.75. The Balaban J connectivity index is 1.97. The van der Waals surface area contributed by atoms with E-state index >= 15 is 0 Å². The highest BCUT2D eigenvalue weighted by atomic mass is 16.5. The summed E-state index contributed by atoms with van der Waals surface area (Å²) in [6.45, 7) is 0.778. The lowest BCUT2D eigenvalue weighted by molar-refractivity contribution is 0.357. The first-order valence-corrected chi connectivity index (χ1v) is 5.75. The maximum Gasteiger partial charge on any atom is 0.122 e. The number of rotatable bonds is 2. The highest BCUT2D eigenvalue weighted by Gasteiger charge is 2.17. The van der Waals surface area contributed by atoms with Gasteiger partial charge in [0.25, 0.3) is 0 Å². The summed E-state index contributed by atoms with van der Waals surface area (Å²) in [7, 11) is 1.91. The molecule has 1 aliphatic rings. The summed E-state index contributed by atoms with van der Waals surface area (Å²) in [5, 5.41) is 4.15. The van der Waals surface area contributed by atoms with Gasteiger partial charge in [0.15, 0.2) is 0 Å². The molecule has 1 atom stereocenters. The van der Waals surface area contributed by atoms with Crippen LogP contribution in [0.1, 0.15) is 22.9 Å². The largest absolute Gasteiger partial charge is 0.493 e. The summed E-state index contributed by atoms with van der Waals surface area (Å²) in [6, 6.07) is 8.00. The molecule has 0 radical (unpaired) electrons. The second-order valence-electron chi connectivity index (χ2n) is 4.32. The lowest BCUT2D eigenvalue weighted by atomic mass is 10.0. The van der Waals surface area contributed by atoms with Crippen molar-refractivity contribution in [2.24, 2.45) is 12.8 Å². The molecule has 2 aromatic rings.